The molecular weight excluding hydrogens is 240 g/mol. The second kappa shape index (κ2) is 5.47. The minimum absolute atomic E-state index is 0.403. The normalized spacial score (nSPS) is 10.0. The van der Waals surface area contributed by atoms with Gasteiger partial charge in [0, 0.05) is 5.02 Å². The van der Waals surface area contributed by atoms with Crippen molar-refractivity contribution in [2.24, 2.45) is 5.84 Å². The summed E-state index contributed by atoms with van der Waals surface area (Å²) in [6, 6.07) is 7.40. The smallest absolute Gasteiger partial charge is 0.234 e. The second-order valence-electron chi connectivity index (χ2n) is 3.30. The maximum absolute atomic E-state index is 5.78. The molecule has 0 fully saturated rings. The molecule has 0 aliphatic heterocycles. The van der Waals surface area contributed by atoms with Crippen molar-refractivity contribution in [3.63, 3.8) is 0 Å². The summed E-state index contributed by atoms with van der Waals surface area (Å²) in [5.41, 5.74) is 3.40. The fraction of sp³-hybridized carbons (Fsp3) is 0.0909. The minimum atomic E-state index is 0.403. The number of aromatic nitrogens is 2. The van der Waals surface area contributed by atoms with Crippen LogP contribution in [0.5, 0.6) is 5.88 Å². The van der Waals surface area contributed by atoms with Crippen molar-refractivity contribution in [1.29, 1.82) is 0 Å². The third-order valence-corrected chi connectivity index (χ3v) is 2.31. The van der Waals surface area contributed by atoms with Crippen LogP contribution in [0.1, 0.15) is 5.56 Å². The minimum Gasteiger partial charge on any atom is -0.472 e. The first-order valence-electron chi connectivity index (χ1n) is 4.94. The van der Waals surface area contributed by atoms with E-state index < -0.39 is 0 Å². The molecule has 0 radical (unpaired) electrons. The molecular formula is C11H11ClN4O. The van der Waals surface area contributed by atoms with E-state index in [4.69, 9.17) is 22.2 Å². The van der Waals surface area contributed by atoms with Gasteiger partial charge in [-0.2, -0.15) is 4.98 Å². The summed E-state index contributed by atoms with van der Waals surface area (Å²) < 4.78 is 5.46. The zero-order valence-corrected chi connectivity index (χ0v) is 9.69. The van der Waals surface area contributed by atoms with Crippen LogP contribution >= 0.6 is 11.6 Å². The topological polar surface area (TPSA) is 73.1 Å². The van der Waals surface area contributed by atoms with Crippen LogP contribution in [-0.4, -0.2) is 9.97 Å². The quantitative estimate of drug-likeness (QED) is 0.641. The molecule has 1 heterocycles. The van der Waals surface area contributed by atoms with Gasteiger partial charge in [0.1, 0.15) is 6.61 Å². The van der Waals surface area contributed by atoms with E-state index in [0.717, 1.165) is 5.56 Å². The molecule has 0 amide bonds. The molecule has 17 heavy (non-hydrogen) atoms. The summed E-state index contributed by atoms with van der Waals surface area (Å²) in [4.78, 5) is 8.01. The lowest BCUT2D eigenvalue weighted by molar-refractivity contribution is 0.293. The average Bonchev–Trinajstić information content (AvgIpc) is 2.38. The summed E-state index contributed by atoms with van der Waals surface area (Å²) in [7, 11) is 0. The fourth-order valence-electron chi connectivity index (χ4n) is 1.23. The number of ether oxygens (including phenoxy) is 1. The molecule has 3 N–H and O–H groups in total. The number of nitrogen functional groups attached to an aromatic ring is 1. The van der Waals surface area contributed by atoms with Crippen molar-refractivity contribution in [1.82, 2.24) is 9.97 Å². The Morgan fingerprint density at radius 1 is 1.24 bits per heavy atom. The first-order chi connectivity index (χ1) is 8.28. The molecule has 88 valence electrons. The molecule has 0 unspecified atom stereocenters. The maximum Gasteiger partial charge on any atom is 0.234 e. The fourth-order valence-corrected chi connectivity index (χ4v) is 1.35. The summed E-state index contributed by atoms with van der Waals surface area (Å²) in [5, 5.41) is 0.697. The van der Waals surface area contributed by atoms with Gasteiger partial charge in [-0.15, -0.1) is 0 Å². The number of nitrogens with zero attached hydrogens (tertiary/aromatic N) is 2. The zero-order chi connectivity index (χ0) is 12.1. The molecule has 0 atom stereocenters. The molecule has 0 spiro atoms. The van der Waals surface area contributed by atoms with E-state index in [-0.39, 0.29) is 0 Å². The number of halogens is 1. The lowest BCUT2D eigenvalue weighted by atomic mass is 10.2. The van der Waals surface area contributed by atoms with Crippen LogP contribution in [0.25, 0.3) is 0 Å². The van der Waals surface area contributed by atoms with Crippen LogP contribution < -0.4 is 16.0 Å². The third-order valence-electron chi connectivity index (χ3n) is 2.06. The van der Waals surface area contributed by atoms with Crippen LogP contribution in [0, 0.1) is 0 Å². The number of nitrogens with two attached hydrogens (primary N) is 1. The van der Waals surface area contributed by atoms with Gasteiger partial charge in [0.05, 0.1) is 12.4 Å². The Morgan fingerprint density at radius 2 is 2.00 bits per heavy atom. The van der Waals surface area contributed by atoms with Gasteiger partial charge in [-0.1, -0.05) is 23.7 Å². The number of hydrogen-bond donors (Lipinski definition) is 2. The Hall–Kier alpha value is -1.85. The van der Waals surface area contributed by atoms with Crippen molar-refractivity contribution in [3.05, 3.63) is 47.2 Å². The first kappa shape index (κ1) is 11.6. The standard InChI is InChI=1S/C11H11ClN4O/c12-9-3-1-8(2-4-9)7-17-11-6-14-5-10(15-11)16-13/h1-6H,7,13H2,(H,15,16). The van der Waals surface area contributed by atoms with Gasteiger partial charge >= 0.3 is 0 Å². The van der Waals surface area contributed by atoms with E-state index in [1.807, 2.05) is 24.3 Å². The average molecular weight is 251 g/mol. The summed E-state index contributed by atoms with van der Waals surface area (Å²) in [6.07, 6.45) is 3.03. The van der Waals surface area contributed by atoms with Gasteiger partial charge in [-0.25, -0.2) is 5.84 Å². The molecule has 0 saturated carbocycles. The van der Waals surface area contributed by atoms with Crippen molar-refractivity contribution in [2.45, 2.75) is 6.61 Å². The monoisotopic (exact) mass is 250 g/mol. The van der Waals surface area contributed by atoms with Crippen LogP contribution in [-0.2, 0) is 6.61 Å². The van der Waals surface area contributed by atoms with Crippen LogP contribution in [0.2, 0.25) is 5.02 Å². The van der Waals surface area contributed by atoms with Gasteiger partial charge in [0.25, 0.3) is 0 Å². The zero-order valence-electron chi connectivity index (χ0n) is 8.93. The summed E-state index contributed by atoms with van der Waals surface area (Å²) in [6.45, 7) is 0.403. The Kier molecular flexibility index (Phi) is 3.74. The van der Waals surface area contributed by atoms with Crippen LogP contribution in [0.3, 0.4) is 0 Å². The Bertz CT molecular complexity index is 489. The van der Waals surface area contributed by atoms with Crippen molar-refractivity contribution < 1.29 is 4.74 Å². The number of benzene rings is 1. The SMILES string of the molecule is NNc1cncc(OCc2ccc(Cl)cc2)n1. The number of hydrazine groups is 1. The highest BCUT2D eigenvalue weighted by Gasteiger charge is 1.99. The molecule has 6 heteroatoms. The van der Waals surface area contributed by atoms with E-state index in [9.17, 15) is 0 Å². The molecule has 0 aliphatic rings. The van der Waals surface area contributed by atoms with E-state index in [0.29, 0.717) is 23.3 Å². The number of anilines is 1. The lowest BCUT2D eigenvalue weighted by Crippen LogP contribution is -2.09. The summed E-state index contributed by atoms with van der Waals surface area (Å²) in [5.74, 6) is 6.09. The van der Waals surface area contributed by atoms with Crippen molar-refractivity contribution in [3.8, 4) is 5.88 Å². The molecule has 1 aromatic carbocycles. The highest BCUT2D eigenvalue weighted by molar-refractivity contribution is 6.30. The van der Waals surface area contributed by atoms with Gasteiger partial charge in [0.15, 0.2) is 5.82 Å². The molecule has 1 aromatic heterocycles. The first-order valence-corrected chi connectivity index (χ1v) is 5.31. The molecule has 0 saturated heterocycles. The van der Waals surface area contributed by atoms with E-state index in [2.05, 4.69) is 15.4 Å². The van der Waals surface area contributed by atoms with Crippen LogP contribution in [0.15, 0.2) is 36.7 Å². The van der Waals surface area contributed by atoms with E-state index in [1.54, 1.807) is 0 Å². The highest BCUT2D eigenvalue weighted by Crippen LogP contribution is 2.13. The summed E-state index contributed by atoms with van der Waals surface area (Å²) >= 11 is 5.78. The predicted octanol–water partition coefficient (Wildman–Crippen LogP) is 1.99. The molecule has 2 aromatic rings. The Morgan fingerprint density at radius 3 is 2.71 bits per heavy atom. The van der Waals surface area contributed by atoms with Gasteiger partial charge in [-0.05, 0) is 17.7 Å². The second-order valence-corrected chi connectivity index (χ2v) is 3.74. The largest absolute Gasteiger partial charge is 0.472 e. The number of rotatable bonds is 4. The predicted molar refractivity (Wildman–Crippen MR) is 65.6 cm³/mol. The van der Waals surface area contributed by atoms with Crippen LogP contribution in [0.4, 0.5) is 5.82 Å². The maximum atomic E-state index is 5.78. The van der Waals surface area contributed by atoms with E-state index in [1.165, 1.54) is 12.4 Å². The van der Waals surface area contributed by atoms with Gasteiger partial charge in [0.2, 0.25) is 5.88 Å². The Balaban J connectivity index is 1.99. The van der Waals surface area contributed by atoms with Crippen molar-refractivity contribution in [2.75, 3.05) is 5.43 Å². The molecule has 5 nitrogen and oxygen atoms in total. The number of nitrogens with one attached hydrogen (secondary N) is 1. The Labute approximate surface area is 104 Å². The lowest BCUT2D eigenvalue weighted by Gasteiger charge is -2.06. The van der Waals surface area contributed by atoms with Gasteiger partial charge in [-0.3, -0.25) is 4.98 Å². The molecule has 0 aliphatic carbocycles. The third kappa shape index (κ3) is 3.30. The molecule has 0 bridgehead atoms. The molecule has 2 rings (SSSR count). The number of hydrogen-bond acceptors (Lipinski definition) is 5. The highest BCUT2D eigenvalue weighted by atomic mass is 35.5. The van der Waals surface area contributed by atoms with Crippen molar-refractivity contribution >= 4 is 17.4 Å². The van der Waals surface area contributed by atoms with Gasteiger partial charge < -0.3 is 10.2 Å². The van der Waals surface area contributed by atoms with E-state index >= 15 is 0 Å².